The van der Waals surface area contributed by atoms with Crippen molar-refractivity contribution in [1.82, 2.24) is 4.72 Å². The number of halogens is 1. The lowest BCUT2D eigenvalue weighted by molar-refractivity contribution is 0.115. The van der Waals surface area contributed by atoms with Crippen molar-refractivity contribution in [2.24, 2.45) is 0 Å². The van der Waals surface area contributed by atoms with Crippen molar-refractivity contribution >= 4 is 21.6 Å². The molecule has 2 unspecified atom stereocenters. The van der Waals surface area contributed by atoms with Gasteiger partial charge in [-0.3, -0.25) is 0 Å². The SMILES string of the molecule is CC(O)C(CO)NS(=O)(=O)c1ccc(Cl)cc1. The van der Waals surface area contributed by atoms with Gasteiger partial charge in [0.25, 0.3) is 0 Å². The van der Waals surface area contributed by atoms with Gasteiger partial charge in [0, 0.05) is 5.02 Å². The normalized spacial score (nSPS) is 15.5. The molecule has 5 nitrogen and oxygen atoms in total. The summed E-state index contributed by atoms with van der Waals surface area (Å²) >= 11 is 5.65. The Morgan fingerprint density at radius 1 is 1.35 bits per heavy atom. The van der Waals surface area contributed by atoms with Gasteiger partial charge in [-0.15, -0.1) is 0 Å². The quantitative estimate of drug-likeness (QED) is 0.726. The van der Waals surface area contributed by atoms with E-state index in [2.05, 4.69) is 4.72 Å². The molecule has 0 aliphatic heterocycles. The zero-order chi connectivity index (χ0) is 13.1. The van der Waals surface area contributed by atoms with E-state index in [0.29, 0.717) is 5.02 Å². The molecule has 0 fully saturated rings. The fourth-order valence-corrected chi connectivity index (χ4v) is 2.60. The van der Waals surface area contributed by atoms with E-state index in [1.165, 1.54) is 31.2 Å². The summed E-state index contributed by atoms with van der Waals surface area (Å²) in [6, 6.07) is 4.66. The molecule has 1 aromatic rings. The molecule has 0 heterocycles. The average Bonchev–Trinajstić information content (AvgIpc) is 2.26. The Balaban J connectivity index is 2.92. The fourth-order valence-electron chi connectivity index (χ4n) is 1.17. The fraction of sp³-hybridized carbons (Fsp3) is 0.400. The van der Waals surface area contributed by atoms with Crippen molar-refractivity contribution in [3.05, 3.63) is 29.3 Å². The Morgan fingerprint density at radius 2 is 1.88 bits per heavy atom. The number of hydrogen-bond donors (Lipinski definition) is 3. The summed E-state index contributed by atoms with van der Waals surface area (Å²) in [5.74, 6) is 0. The smallest absolute Gasteiger partial charge is 0.240 e. The third kappa shape index (κ3) is 3.93. The lowest BCUT2D eigenvalue weighted by atomic mass is 10.2. The van der Waals surface area contributed by atoms with E-state index in [1.807, 2.05) is 0 Å². The van der Waals surface area contributed by atoms with Crippen LogP contribution in [0, 0.1) is 0 Å². The van der Waals surface area contributed by atoms with Crippen LogP contribution in [-0.2, 0) is 10.0 Å². The molecule has 0 radical (unpaired) electrons. The third-order valence-electron chi connectivity index (χ3n) is 2.21. The number of benzene rings is 1. The van der Waals surface area contributed by atoms with Gasteiger partial charge in [-0.05, 0) is 31.2 Å². The van der Waals surface area contributed by atoms with Crippen LogP contribution in [0.1, 0.15) is 6.92 Å². The summed E-state index contributed by atoms with van der Waals surface area (Å²) in [4.78, 5) is 0.0287. The van der Waals surface area contributed by atoms with E-state index in [0.717, 1.165) is 0 Å². The van der Waals surface area contributed by atoms with Crippen LogP contribution in [0.25, 0.3) is 0 Å². The average molecular weight is 280 g/mol. The molecule has 0 aliphatic carbocycles. The molecule has 17 heavy (non-hydrogen) atoms. The molecule has 0 aromatic heterocycles. The van der Waals surface area contributed by atoms with Gasteiger partial charge in [0.1, 0.15) is 0 Å². The second-order valence-electron chi connectivity index (χ2n) is 3.60. The standard InChI is InChI=1S/C10H14ClNO4S/c1-7(14)10(6-13)12-17(15,16)9-4-2-8(11)3-5-9/h2-5,7,10,12-14H,6H2,1H3. The summed E-state index contributed by atoms with van der Waals surface area (Å²) in [5.41, 5.74) is 0. The van der Waals surface area contributed by atoms with E-state index >= 15 is 0 Å². The van der Waals surface area contributed by atoms with Gasteiger partial charge in [0.15, 0.2) is 0 Å². The van der Waals surface area contributed by atoms with Crippen LogP contribution < -0.4 is 4.72 Å². The maximum absolute atomic E-state index is 11.8. The molecule has 0 saturated carbocycles. The molecular formula is C10H14ClNO4S. The van der Waals surface area contributed by atoms with E-state index < -0.39 is 28.8 Å². The minimum Gasteiger partial charge on any atom is -0.395 e. The van der Waals surface area contributed by atoms with Crippen LogP contribution in [0.15, 0.2) is 29.2 Å². The predicted octanol–water partition coefficient (Wildman–Crippen LogP) is 0.360. The van der Waals surface area contributed by atoms with Gasteiger partial charge in [-0.2, -0.15) is 0 Å². The van der Waals surface area contributed by atoms with Crippen molar-refractivity contribution in [3.8, 4) is 0 Å². The van der Waals surface area contributed by atoms with Crippen molar-refractivity contribution in [2.75, 3.05) is 6.61 Å². The Bertz CT molecular complexity index is 458. The highest BCUT2D eigenvalue weighted by Crippen LogP contribution is 2.14. The molecular weight excluding hydrogens is 266 g/mol. The number of hydrogen-bond acceptors (Lipinski definition) is 4. The van der Waals surface area contributed by atoms with E-state index in [1.54, 1.807) is 0 Å². The Hall–Kier alpha value is -0.660. The zero-order valence-corrected chi connectivity index (χ0v) is 10.7. The van der Waals surface area contributed by atoms with Crippen LogP contribution in [0.4, 0.5) is 0 Å². The lowest BCUT2D eigenvalue weighted by Gasteiger charge is -2.18. The molecule has 1 aromatic carbocycles. The van der Waals surface area contributed by atoms with Crippen LogP contribution >= 0.6 is 11.6 Å². The molecule has 1 rings (SSSR count). The molecule has 2 atom stereocenters. The largest absolute Gasteiger partial charge is 0.395 e. The molecule has 7 heteroatoms. The summed E-state index contributed by atoms with van der Waals surface area (Å²) in [6.07, 6.45) is -0.984. The van der Waals surface area contributed by atoms with Gasteiger partial charge in [-0.1, -0.05) is 11.6 Å². The van der Waals surface area contributed by atoms with Gasteiger partial charge in [0.05, 0.1) is 23.6 Å². The number of sulfonamides is 1. The number of aliphatic hydroxyl groups is 2. The maximum atomic E-state index is 11.8. The Labute approximate surface area is 105 Å². The first-order valence-electron chi connectivity index (χ1n) is 4.93. The summed E-state index contributed by atoms with van der Waals surface area (Å²) in [5, 5.41) is 18.6. The van der Waals surface area contributed by atoms with E-state index in [9.17, 15) is 13.5 Å². The van der Waals surface area contributed by atoms with Crippen LogP contribution in [-0.4, -0.2) is 37.4 Å². The Morgan fingerprint density at radius 3 is 2.29 bits per heavy atom. The molecule has 0 spiro atoms. The van der Waals surface area contributed by atoms with Crippen molar-refractivity contribution in [3.63, 3.8) is 0 Å². The first-order valence-corrected chi connectivity index (χ1v) is 6.80. The first-order chi connectivity index (χ1) is 7.86. The van der Waals surface area contributed by atoms with Gasteiger partial charge in [-0.25, -0.2) is 13.1 Å². The molecule has 0 amide bonds. The summed E-state index contributed by atoms with van der Waals surface area (Å²) < 4.78 is 25.9. The van der Waals surface area contributed by atoms with Crippen LogP contribution in [0.2, 0.25) is 5.02 Å². The highest BCUT2D eigenvalue weighted by Gasteiger charge is 2.22. The summed E-state index contributed by atoms with van der Waals surface area (Å²) in [6.45, 7) is 0.912. The zero-order valence-electron chi connectivity index (χ0n) is 9.17. The monoisotopic (exact) mass is 279 g/mol. The van der Waals surface area contributed by atoms with Crippen molar-refractivity contribution < 1.29 is 18.6 Å². The number of aliphatic hydroxyl groups excluding tert-OH is 2. The van der Waals surface area contributed by atoms with Crippen molar-refractivity contribution in [1.29, 1.82) is 0 Å². The highest BCUT2D eigenvalue weighted by atomic mass is 35.5. The molecule has 96 valence electrons. The van der Waals surface area contributed by atoms with E-state index in [-0.39, 0.29) is 4.90 Å². The number of nitrogens with one attached hydrogen (secondary N) is 1. The molecule has 0 bridgehead atoms. The lowest BCUT2D eigenvalue weighted by Crippen LogP contribution is -2.44. The van der Waals surface area contributed by atoms with Gasteiger partial charge < -0.3 is 10.2 Å². The van der Waals surface area contributed by atoms with Gasteiger partial charge in [0.2, 0.25) is 10.0 Å². The predicted molar refractivity (Wildman–Crippen MR) is 64.3 cm³/mol. The highest BCUT2D eigenvalue weighted by molar-refractivity contribution is 7.89. The second-order valence-corrected chi connectivity index (χ2v) is 5.76. The second kappa shape index (κ2) is 5.79. The van der Waals surface area contributed by atoms with Crippen LogP contribution in [0.3, 0.4) is 0 Å². The third-order valence-corrected chi connectivity index (χ3v) is 3.97. The summed E-state index contributed by atoms with van der Waals surface area (Å²) in [7, 11) is -3.76. The molecule has 0 aliphatic rings. The minimum atomic E-state index is -3.76. The van der Waals surface area contributed by atoms with Gasteiger partial charge >= 0.3 is 0 Å². The maximum Gasteiger partial charge on any atom is 0.240 e. The molecule has 0 saturated heterocycles. The first kappa shape index (κ1) is 14.4. The Kier molecular flexibility index (Phi) is 4.91. The topological polar surface area (TPSA) is 86.6 Å². The van der Waals surface area contributed by atoms with Crippen molar-refractivity contribution in [2.45, 2.75) is 24.0 Å². The molecule has 3 N–H and O–H groups in total. The van der Waals surface area contributed by atoms with Crippen LogP contribution in [0.5, 0.6) is 0 Å². The van der Waals surface area contributed by atoms with E-state index in [4.69, 9.17) is 16.7 Å². The minimum absolute atomic E-state index is 0.0287. The number of rotatable bonds is 5.